The largest absolute Gasteiger partial charge is 0.379 e. The summed E-state index contributed by atoms with van der Waals surface area (Å²) in [6.07, 6.45) is 5.85. The Balaban J connectivity index is 1.48. The first kappa shape index (κ1) is 16.7. The maximum absolute atomic E-state index is 12.8. The van der Waals surface area contributed by atoms with Crippen molar-refractivity contribution in [2.24, 2.45) is 5.92 Å². The smallest absolute Gasteiger partial charge is 0.274 e. The van der Waals surface area contributed by atoms with E-state index in [-0.39, 0.29) is 11.8 Å². The van der Waals surface area contributed by atoms with Crippen LogP contribution in [0.5, 0.6) is 0 Å². The zero-order valence-corrected chi connectivity index (χ0v) is 14.7. The number of nitrogens with zero attached hydrogens (tertiary/aromatic N) is 4. The SMILES string of the molecule is Cc1cnc(C(=O)N2CCOC[C@H](Cc3ccc4[nH]ncc4c3)C2)cn1. The predicted molar refractivity (Wildman–Crippen MR) is 96.8 cm³/mol. The highest BCUT2D eigenvalue weighted by atomic mass is 16.5. The van der Waals surface area contributed by atoms with Crippen molar-refractivity contribution in [1.82, 2.24) is 25.1 Å². The topological polar surface area (TPSA) is 84.0 Å². The standard InChI is InChI=1S/C19H21N5O2/c1-13-8-21-18(10-20-13)19(25)24-4-5-26-12-15(11-24)6-14-2-3-17-16(7-14)9-22-23-17/h2-3,7-10,15H,4-6,11-12H2,1H3,(H,22,23)/t15-/m1/s1. The second kappa shape index (κ2) is 7.21. The average molecular weight is 351 g/mol. The quantitative estimate of drug-likeness (QED) is 0.780. The summed E-state index contributed by atoms with van der Waals surface area (Å²) in [5.74, 6) is 0.155. The normalized spacial score (nSPS) is 18.0. The number of H-pyrrole nitrogens is 1. The molecule has 7 nitrogen and oxygen atoms in total. The summed E-state index contributed by atoms with van der Waals surface area (Å²) >= 11 is 0. The minimum atomic E-state index is -0.0849. The van der Waals surface area contributed by atoms with Gasteiger partial charge < -0.3 is 9.64 Å². The molecule has 1 aliphatic rings. The summed E-state index contributed by atoms with van der Waals surface area (Å²) in [4.78, 5) is 23.0. The molecule has 0 saturated carbocycles. The fraction of sp³-hybridized carbons (Fsp3) is 0.368. The molecule has 2 aromatic heterocycles. The molecule has 1 N–H and O–H groups in total. The molecule has 0 spiro atoms. The number of carbonyl (C=O) groups excluding carboxylic acids is 1. The van der Waals surface area contributed by atoms with Crippen molar-refractivity contribution in [1.29, 1.82) is 0 Å². The van der Waals surface area contributed by atoms with Gasteiger partial charge in [-0.2, -0.15) is 5.10 Å². The molecule has 0 radical (unpaired) electrons. The number of hydrogen-bond acceptors (Lipinski definition) is 5. The van der Waals surface area contributed by atoms with Crippen LogP contribution in [0.4, 0.5) is 0 Å². The van der Waals surface area contributed by atoms with Crippen LogP contribution in [0.2, 0.25) is 0 Å². The van der Waals surface area contributed by atoms with Crippen molar-refractivity contribution in [3.8, 4) is 0 Å². The van der Waals surface area contributed by atoms with Gasteiger partial charge in [0.1, 0.15) is 5.69 Å². The molecule has 1 atom stereocenters. The summed E-state index contributed by atoms with van der Waals surface area (Å²) in [5, 5.41) is 8.12. The van der Waals surface area contributed by atoms with Gasteiger partial charge in [-0.3, -0.25) is 14.9 Å². The number of benzene rings is 1. The van der Waals surface area contributed by atoms with E-state index in [1.165, 1.54) is 5.56 Å². The number of ether oxygens (including phenoxy) is 1. The molecule has 0 aliphatic carbocycles. The van der Waals surface area contributed by atoms with E-state index in [9.17, 15) is 4.79 Å². The third kappa shape index (κ3) is 3.57. The van der Waals surface area contributed by atoms with E-state index in [4.69, 9.17) is 4.74 Å². The van der Waals surface area contributed by atoms with Gasteiger partial charge in [0, 0.05) is 30.6 Å². The third-order valence-electron chi connectivity index (χ3n) is 4.65. The van der Waals surface area contributed by atoms with Crippen LogP contribution < -0.4 is 0 Å². The van der Waals surface area contributed by atoms with Crippen LogP contribution >= 0.6 is 0 Å². The van der Waals surface area contributed by atoms with Crippen molar-refractivity contribution in [3.05, 3.63) is 53.7 Å². The number of amides is 1. The first-order chi connectivity index (χ1) is 12.7. The number of rotatable bonds is 3. The fourth-order valence-corrected chi connectivity index (χ4v) is 3.31. The molecule has 1 saturated heterocycles. The second-order valence-corrected chi connectivity index (χ2v) is 6.73. The molecule has 1 aliphatic heterocycles. The van der Waals surface area contributed by atoms with Gasteiger partial charge in [0.25, 0.3) is 5.91 Å². The minimum Gasteiger partial charge on any atom is -0.379 e. The van der Waals surface area contributed by atoms with Crippen molar-refractivity contribution in [3.63, 3.8) is 0 Å². The molecule has 134 valence electrons. The first-order valence-electron chi connectivity index (χ1n) is 8.77. The Kier molecular flexibility index (Phi) is 4.62. The maximum Gasteiger partial charge on any atom is 0.274 e. The van der Waals surface area contributed by atoms with Crippen LogP contribution in [0.25, 0.3) is 10.9 Å². The molecule has 7 heteroatoms. The lowest BCUT2D eigenvalue weighted by atomic mass is 9.98. The number of hydrogen-bond donors (Lipinski definition) is 1. The van der Waals surface area contributed by atoms with Crippen LogP contribution in [-0.4, -0.2) is 57.3 Å². The number of aromatic nitrogens is 4. The zero-order valence-electron chi connectivity index (χ0n) is 14.7. The molecular formula is C19H21N5O2. The van der Waals surface area contributed by atoms with Gasteiger partial charge in [0.05, 0.1) is 36.8 Å². The lowest BCUT2D eigenvalue weighted by molar-refractivity contribution is 0.0731. The van der Waals surface area contributed by atoms with E-state index in [0.29, 0.717) is 32.0 Å². The van der Waals surface area contributed by atoms with E-state index in [0.717, 1.165) is 23.0 Å². The van der Waals surface area contributed by atoms with Crippen LogP contribution in [0, 0.1) is 12.8 Å². The highest BCUT2D eigenvalue weighted by Crippen LogP contribution is 2.19. The summed E-state index contributed by atoms with van der Waals surface area (Å²) < 4.78 is 5.74. The summed E-state index contributed by atoms with van der Waals surface area (Å²) in [6.45, 7) is 4.27. The molecular weight excluding hydrogens is 330 g/mol. The Labute approximate surface area is 151 Å². The van der Waals surface area contributed by atoms with Gasteiger partial charge in [-0.1, -0.05) is 6.07 Å². The molecule has 1 fully saturated rings. The van der Waals surface area contributed by atoms with Crippen molar-refractivity contribution < 1.29 is 9.53 Å². The monoisotopic (exact) mass is 351 g/mol. The van der Waals surface area contributed by atoms with Gasteiger partial charge in [0.15, 0.2) is 0 Å². The molecule has 26 heavy (non-hydrogen) atoms. The number of nitrogens with one attached hydrogen (secondary N) is 1. The highest BCUT2D eigenvalue weighted by Gasteiger charge is 2.24. The molecule has 3 aromatic rings. The number of carbonyl (C=O) groups is 1. The number of aryl methyl sites for hydroxylation is 1. The average Bonchev–Trinajstić information content (AvgIpc) is 2.99. The molecule has 1 aromatic carbocycles. The molecule has 0 unspecified atom stereocenters. The van der Waals surface area contributed by atoms with Gasteiger partial charge in [-0.05, 0) is 31.0 Å². The summed E-state index contributed by atoms with van der Waals surface area (Å²) in [5.41, 5.74) is 3.43. The maximum atomic E-state index is 12.8. The third-order valence-corrected chi connectivity index (χ3v) is 4.65. The van der Waals surface area contributed by atoms with E-state index in [1.807, 2.05) is 24.1 Å². The summed E-state index contributed by atoms with van der Waals surface area (Å²) in [6, 6.07) is 6.28. The Morgan fingerprint density at radius 3 is 3.08 bits per heavy atom. The van der Waals surface area contributed by atoms with Crippen LogP contribution in [0.3, 0.4) is 0 Å². The second-order valence-electron chi connectivity index (χ2n) is 6.73. The van der Waals surface area contributed by atoms with Gasteiger partial charge in [-0.25, -0.2) is 4.98 Å². The fourth-order valence-electron chi connectivity index (χ4n) is 3.31. The van der Waals surface area contributed by atoms with E-state index < -0.39 is 0 Å². The van der Waals surface area contributed by atoms with Gasteiger partial charge >= 0.3 is 0 Å². The van der Waals surface area contributed by atoms with E-state index in [1.54, 1.807) is 12.4 Å². The van der Waals surface area contributed by atoms with Crippen LogP contribution in [0.15, 0.2) is 36.8 Å². The molecule has 3 heterocycles. The zero-order chi connectivity index (χ0) is 17.9. The lowest BCUT2D eigenvalue weighted by Crippen LogP contribution is -2.37. The van der Waals surface area contributed by atoms with E-state index in [2.05, 4.69) is 32.3 Å². The minimum absolute atomic E-state index is 0.0849. The molecule has 1 amide bonds. The van der Waals surface area contributed by atoms with Gasteiger partial charge in [-0.15, -0.1) is 0 Å². The van der Waals surface area contributed by atoms with Crippen LogP contribution in [-0.2, 0) is 11.2 Å². The Hall–Kier alpha value is -2.80. The summed E-state index contributed by atoms with van der Waals surface area (Å²) in [7, 11) is 0. The Morgan fingerprint density at radius 2 is 2.23 bits per heavy atom. The Morgan fingerprint density at radius 1 is 1.31 bits per heavy atom. The van der Waals surface area contributed by atoms with Crippen molar-refractivity contribution in [2.45, 2.75) is 13.3 Å². The number of aromatic amines is 1. The Bertz CT molecular complexity index is 906. The predicted octanol–water partition coefficient (Wildman–Crippen LogP) is 1.99. The molecule has 0 bridgehead atoms. The van der Waals surface area contributed by atoms with Crippen molar-refractivity contribution in [2.75, 3.05) is 26.3 Å². The molecule has 4 rings (SSSR count). The highest BCUT2D eigenvalue weighted by molar-refractivity contribution is 5.92. The lowest BCUT2D eigenvalue weighted by Gasteiger charge is -2.23. The van der Waals surface area contributed by atoms with Crippen LogP contribution in [0.1, 0.15) is 21.7 Å². The van der Waals surface area contributed by atoms with Crippen molar-refractivity contribution >= 4 is 16.8 Å². The number of fused-ring (bicyclic) bond motifs is 1. The van der Waals surface area contributed by atoms with Gasteiger partial charge in [0.2, 0.25) is 0 Å². The first-order valence-corrected chi connectivity index (χ1v) is 8.77. The van der Waals surface area contributed by atoms with E-state index >= 15 is 0 Å².